The lowest BCUT2D eigenvalue weighted by atomic mass is 10.2. The van der Waals surface area contributed by atoms with Crippen molar-refractivity contribution >= 4 is 27.3 Å². The molecule has 1 aliphatic heterocycles. The summed E-state index contributed by atoms with van der Waals surface area (Å²) in [5.74, 6) is -0.398. The molecule has 3 rings (SSSR count). The normalized spacial score (nSPS) is 19.3. The highest BCUT2D eigenvalue weighted by molar-refractivity contribution is 7.20. The average molecular weight is 279 g/mol. The minimum absolute atomic E-state index is 0.00893. The van der Waals surface area contributed by atoms with Crippen LogP contribution in [0.2, 0.25) is 0 Å². The lowest BCUT2D eigenvalue weighted by Gasteiger charge is -2.22. The molecular formula is C14H14FNO2S. The molecule has 1 unspecified atom stereocenters. The highest BCUT2D eigenvalue weighted by Gasteiger charge is 2.29. The van der Waals surface area contributed by atoms with E-state index in [0.717, 1.165) is 17.5 Å². The van der Waals surface area contributed by atoms with Gasteiger partial charge in [0.25, 0.3) is 5.91 Å². The van der Waals surface area contributed by atoms with Gasteiger partial charge in [-0.25, -0.2) is 4.39 Å². The van der Waals surface area contributed by atoms with Gasteiger partial charge in [0.15, 0.2) is 0 Å². The Balaban J connectivity index is 1.95. The van der Waals surface area contributed by atoms with E-state index in [0.29, 0.717) is 16.8 Å². The Labute approximate surface area is 114 Å². The number of carbonyl (C=O) groups is 1. The van der Waals surface area contributed by atoms with Crippen molar-refractivity contribution in [3.05, 3.63) is 35.0 Å². The van der Waals surface area contributed by atoms with Crippen molar-refractivity contribution in [3.8, 4) is 0 Å². The van der Waals surface area contributed by atoms with E-state index >= 15 is 0 Å². The van der Waals surface area contributed by atoms with Crippen LogP contribution in [0, 0.1) is 5.82 Å². The number of hydrogen-bond acceptors (Lipinski definition) is 3. The van der Waals surface area contributed by atoms with Gasteiger partial charge in [0.1, 0.15) is 5.82 Å². The number of fused-ring (bicyclic) bond motifs is 1. The van der Waals surface area contributed by atoms with Gasteiger partial charge in [-0.3, -0.25) is 4.79 Å². The molecule has 1 fully saturated rings. The molecule has 5 heteroatoms. The van der Waals surface area contributed by atoms with Crippen LogP contribution in [0.3, 0.4) is 0 Å². The second-order valence-corrected chi connectivity index (χ2v) is 5.82. The van der Waals surface area contributed by atoms with E-state index in [1.165, 1.54) is 17.4 Å². The molecule has 1 aromatic carbocycles. The zero-order valence-electron chi connectivity index (χ0n) is 10.3. The molecule has 3 nitrogen and oxygen atoms in total. The smallest absolute Gasteiger partial charge is 0.264 e. The monoisotopic (exact) mass is 279 g/mol. The summed E-state index contributed by atoms with van der Waals surface area (Å²) < 4.78 is 14.4. The van der Waals surface area contributed by atoms with E-state index in [2.05, 4.69) is 0 Å². The molecule has 100 valence electrons. The molecule has 1 N–H and O–H groups in total. The summed E-state index contributed by atoms with van der Waals surface area (Å²) in [5.41, 5.74) is 0. The third kappa shape index (κ3) is 2.13. The molecule has 1 atom stereocenters. The molecule has 0 radical (unpaired) electrons. The second-order valence-electron chi connectivity index (χ2n) is 4.74. The van der Waals surface area contributed by atoms with Crippen LogP contribution < -0.4 is 0 Å². The number of amides is 1. The predicted octanol–water partition coefficient (Wildman–Crippen LogP) is 2.64. The maximum Gasteiger partial charge on any atom is 0.264 e. The average Bonchev–Trinajstić information content (AvgIpc) is 3.04. The van der Waals surface area contributed by atoms with Crippen LogP contribution in [-0.4, -0.2) is 35.1 Å². The Bertz CT molecular complexity index is 625. The van der Waals surface area contributed by atoms with E-state index in [-0.39, 0.29) is 24.4 Å². The predicted molar refractivity (Wildman–Crippen MR) is 72.9 cm³/mol. The van der Waals surface area contributed by atoms with Gasteiger partial charge >= 0.3 is 0 Å². The lowest BCUT2D eigenvalue weighted by molar-refractivity contribution is 0.0682. The number of benzene rings is 1. The maximum atomic E-state index is 13.6. The number of carbonyl (C=O) groups excluding carboxylic acids is 1. The van der Waals surface area contributed by atoms with E-state index in [9.17, 15) is 14.3 Å². The van der Waals surface area contributed by atoms with Crippen molar-refractivity contribution in [2.24, 2.45) is 0 Å². The van der Waals surface area contributed by atoms with Crippen molar-refractivity contribution < 1.29 is 14.3 Å². The third-order valence-electron chi connectivity index (χ3n) is 3.57. The Morgan fingerprint density at radius 3 is 3.11 bits per heavy atom. The molecule has 0 spiro atoms. The standard InChI is InChI=1S/C14H14FNO2S/c15-11-4-1-5-12-10(11)7-13(19-12)14(18)16-6-2-3-9(16)8-17/h1,4-5,7,9,17H,2-3,6,8H2. The first-order valence-electron chi connectivity index (χ1n) is 6.30. The number of aliphatic hydroxyl groups is 1. The molecule has 0 aliphatic carbocycles. The topological polar surface area (TPSA) is 40.5 Å². The van der Waals surface area contributed by atoms with Crippen LogP contribution in [0.25, 0.3) is 10.1 Å². The summed E-state index contributed by atoms with van der Waals surface area (Å²) >= 11 is 1.31. The van der Waals surface area contributed by atoms with E-state index < -0.39 is 0 Å². The van der Waals surface area contributed by atoms with Gasteiger partial charge in [0.05, 0.1) is 17.5 Å². The van der Waals surface area contributed by atoms with Gasteiger partial charge in [0.2, 0.25) is 0 Å². The number of nitrogens with zero attached hydrogens (tertiary/aromatic N) is 1. The third-order valence-corrected chi connectivity index (χ3v) is 4.66. The molecule has 1 saturated heterocycles. The summed E-state index contributed by atoms with van der Waals surface area (Å²) in [7, 11) is 0. The first kappa shape index (κ1) is 12.6. The van der Waals surface area contributed by atoms with Crippen molar-refractivity contribution in [3.63, 3.8) is 0 Å². The SMILES string of the molecule is O=C(c1cc2c(F)cccc2s1)N1CCCC1CO. The van der Waals surface area contributed by atoms with Crippen molar-refractivity contribution in [2.75, 3.05) is 13.2 Å². The molecule has 2 aromatic rings. The van der Waals surface area contributed by atoms with Gasteiger partial charge in [0, 0.05) is 16.6 Å². The molecule has 0 bridgehead atoms. The van der Waals surface area contributed by atoms with Crippen LogP contribution in [0.15, 0.2) is 24.3 Å². The van der Waals surface area contributed by atoms with Gasteiger partial charge in [-0.2, -0.15) is 0 Å². The summed E-state index contributed by atoms with van der Waals surface area (Å²) in [6.45, 7) is 0.659. The van der Waals surface area contributed by atoms with Crippen molar-refractivity contribution in [2.45, 2.75) is 18.9 Å². The Hall–Kier alpha value is -1.46. The first-order valence-corrected chi connectivity index (χ1v) is 7.12. The highest BCUT2D eigenvalue weighted by Crippen LogP contribution is 2.30. The van der Waals surface area contributed by atoms with Crippen LogP contribution in [0.4, 0.5) is 4.39 Å². The first-order chi connectivity index (χ1) is 9.20. The molecule has 2 heterocycles. The van der Waals surface area contributed by atoms with Gasteiger partial charge in [-0.15, -0.1) is 11.3 Å². The maximum absolute atomic E-state index is 13.6. The van der Waals surface area contributed by atoms with Crippen LogP contribution >= 0.6 is 11.3 Å². The fourth-order valence-corrected chi connectivity index (χ4v) is 3.60. The molecule has 1 amide bonds. The van der Waals surface area contributed by atoms with Crippen molar-refractivity contribution in [1.82, 2.24) is 4.90 Å². The number of halogens is 1. The van der Waals surface area contributed by atoms with E-state index in [1.54, 1.807) is 17.0 Å². The molecule has 1 aliphatic rings. The van der Waals surface area contributed by atoms with E-state index in [1.807, 2.05) is 6.07 Å². The Morgan fingerprint density at radius 1 is 1.53 bits per heavy atom. The van der Waals surface area contributed by atoms with E-state index in [4.69, 9.17) is 0 Å². The van der Waals surface area contributed by atoms with Crippen LogP contribution in [-0.2, 0) is 0 Å². The van der Waals surface area contributed by atoms with Gasteiger partial charge in [-0.05, 0) is 31.0 Å². The number of aliphatic hydroxyl groups excluding tert-OH is 1. The van der Waals surface area contributed by atoms with Crippen LogP contribution in [0.1, 0.15) is 22.5 Å². The zero-order valence-corrected chi connectivity index (χ0v) is 11.1. The summed E-state index contributed by atoms with van der Waals surface area (Å²) in [5, 5.41) is 9.76. The number of rotatable bonds is 2. The largest absolute Gasteiger partial charge is 0.394 e. The fourth-order valence-electron chi connectivity index (χ4n) is 2.57. The van der Waals surface area contributed by atoms with Gasteiger partial charge in [-0.1, -0.05) is 6.07 Å². The number of thiophene rings is 1. The lowest BCUT2D eigenvalue weighted by Crippen LogP contribution is -2.37. The number of likely N-dealkylation sites (tertiary alicyclic amines) is 1. The minimum Gasteiger partial charge on any atom is -0.394 e. The quantitative estimate of drug-likeness (QED) is 0.918. The molecular weight excluding hydrogens is 265 g/mol. The molecule has 0 saturated carbocycles. The minimum atomic E-state index is -0.298. The zero-order chi connectivity index (χ0) is 13.4. The molecule has 1 aromatic heterocycles. The fraction of sp³-hybridized carbons (Fsp3) is 0.357. The number of hydrogen-bond donors (Lipinski definition) is 1. The summed E-state index contributed by atoms with van der Waals surface area (Å²) in [6, 6.07) is 6.38. The summed E-state index contributed by atoms with van der Waals surface area (Å²) in [6.07, 6.45) is 1.75. The Kier molecular flexibility index (Phi) is 3.24. The Morgan fingerprint density at radius 2 is 2.37 bits per heavy atom. The van der Waals surface area contributed by atoms with Crippen molar-refractivity contribution in [1.29, 1.82) is 0 Å². The van der Waals surface area contributed by atoms with Crippen LogP contribution in [0.5, 0.6) is 0 Å². The second kappa shape index (κ2) is 4.90. The van der Waals surface area contributed by atoms with Gasteiger partial charge < -0.3 is 10.0 Å². The molecule has 19 heavy (non-hydrogen) atoms. The highest BCUT2D eigenvalue weighted by atomic mass is 32.1. The summed E-state index contributed by atoms with van der Waals surface area (Å²) in [4.78, 5) is 14.6.